The van der Waals surface area contributed by atoms with Gasteiger partial charge in [0.05, 0.1) is 7.11 Å². The van der Waals surface area contributed by atoms with E-state index in [-0.39, 0.29) is 5.70 Å². The summed E-state index contributed by atoms with van der Waals surface area (Å²) in [5.41, 5.74) is 1.33. The lowest BCUT2D eigenvalue weighted by Crippen LogP contribution is -2.24. The number of methoxy groups -OCH3 is 1. The van der Waals surface area contributed by atoms with Gasteiger partial charge in [-0.1, -0.05) is 34.1 Å². The Morgan fingerprint density at radius 1 is 1.19 bits per heavy atom. The number of ether oxygens (including phenoxy) is 2. The topological polar surface area (TPSA) is 84.9 Å². The molecule has 136 valence electrons. The van der Waals surface area contributed by atoms with Gasteiger partial charge in [0, 0.05) is 11.4 Å². The summed E-state index contributed by atoms with van der Waals surface area (Å²) in [6.07, 6.45) is 1.35. The van der Waals surface area contributed by atoms with E-state index < -0.39 is 11.9 Å². The highest BCUT2D eigenvalue weighted by molar-refractivity contribution is 9.10. The van der Waals surface area contributed by atoms with Crippen LogP contribution in [0.3, 0.4) is 0 Å². The molecule has 7 heteroatoms. The fourth-order valence-electron chi connectivity index (χ4n) is 2.19. The maximum Gasteiger partial charge on any atom is 0.352 e. The third-order valence-electron chi connectivity index (χ3n) is 3.32. The summed E-state index contributed by atoms with van der Waals surface area (Å²) in [6, 6.07) is 12.8. The quantitative estimate of drug-likeness (QED) is 0.669. The van der Waals surface area contributed by atoms with E-state index in [0.717, 1.165) is 10.0 Å². The van der Waals surface area contributed by atoms with Crippen LogP contribution in [0.5, 0.6) is 11.5 Å². The van der Waals surface area contributed by atoms with Crippen LogP contribution < -0.4 is 14.8 Å². The van der Waals surface area contributed by atoms with Crippen molar-refractivity contribution in [3.05, 3.63) is 63.8 Å². The Labute approximate surface area is 159 Å². The van der Waals surface area contributed by atoms with E-state index in [1.165, 1.54) is 20.1 Å². The molecule has 0 radical (unpaired) electrons. The average Bonchev–Trinajstić information content (AvgIpc) is 2.59. The summed E-state index contributed by atoms with van der Waals surface area (Å²) < 4.78 is 12.1. The van der Waals surface area contributed by atoms with Crippen LogP contribution in [-0.4, -0.2) is 24.1 Å². The third kappa shape index (κ3) is 5.63. The summed E-state index contributed by atoms with van der Waals surface area (Å²) in [5.74, 6) is -0.698. The van der Waals surface area contributed by atoms with Crippen molar-refractivity contribution in [1.29, 1.82) is 0 Å². The van der Waals surface area contributed by atoms with E-state index in [1.807, 2.05) is 24.3 Å². The molecule has 0 aromatic heterocycles. The molecular weight excluding hydrogens is 402 g/mol. The first-order valence-corrected chi connectivity index (χ1v) is 8.46. The fourth-order valence-corrected chi connectivity index (χ4v) is 2.64. The minimum Gasteiger partial charge on any atom is -0.493 e. The van der Waals surface area contributed by atoms with Crippen molar-refractivity contribution in [2.75, 3.05) is 7.11 Å². The highest BCUT2D eigenvalue weighted by Crippen LogP contribution is 2.29. The molecule has 0 fully saturated rings. The Hall–Kier alpha value is -2.80. The zero-order chi connectivity index (χ0) is 19.1. The maximum atomic E-state index is 11.2. The number of carboxylic acids is 1. The molecular formula is C19H18BrNO5. The van der Waals surface area contributed by atoms with Crippen LogP contribution in [0.1, 0.15) is 18.1 Å². The number of aliphatic carboxylic acids is 1. The Bertz CT molecular complexity index is 848. The summed E-state index contributed by atoms with van der Waals surface area (Å²) in [6.45, 7) is 1.60. The Morgan fingerprint density at radius 3 is 2.58 bits per heavy atom. The zero-order valence-corrected chi connectivity index (χ0v) is 15.9. The normalized spacial score (nSPS) is 11.0. The average molecular weight is 420 g/mol. The van der Waals surface area contributed by atoms with Crippen molar-refractivity contribution in [2.24, 2.45) is 0 Å². The molecule has 0 unspecified atom stereocenters. The number of nitrogens with one attached hydrogen (secondary N) is 1. The second-order valence-corrected chi connectivity index (χ2v) is 6.29. The highest BCUT2D eigenvalue weighted by atomic mass is 79.9. The van der Waals surface area contributed by atoms with Gasteiger partial charge in [0.1, 0.15) is 12.3 Å². The Balaban J connectivity index is 2.20. The summed E-state index contributed by atoms with van der Waals surface area (Å²) in [5, 5.41) is 11.4. The number of amides is 1. The molecule has 26 heavy (non-hydrogen) atoms. The number of hydrogen-bond donors (Lipinski definition) is 2. The maximum absolute atomic E-state index is 11.2. The van der Waals surface area contributed by atoms with Crippen molar-refractivity contribution in [2.45, 2.75) is 13.5 Å². The fraction of sp³-hybridized carbons (Fsp3) is 0.158. The smallest absolute Gasteiger partial charge is 0.352 e. The molecule has 0 spiro atoms. The molecule has 2 aromatic rings. The van der Waals surface area contributed by atoms with Gasteiger partial charge in [0.25, 0.3) is 0 Å². The molecule has 2 N–H and O–H groups in total. The van der Waals surface area contributed by atoms with Crippen molar-refractivity contribution in [1.82, 2.24) is 5.32 Å². The summed E-state index contributed by atoms with van der Waals surface area (Å²) in [4.78, 5) is 22.3. The molecule has 0 bridgehead atoms. The van der Waals surface area contributed by atoms with Crippen molar-refractivity contribution in [3.8, 4) is 11.5 Å². The molecule has 0 atom stereocenters. The van der Waals surface area contributed by atoms with Gasteiger partial charge in [0.2, 0.25) is 5.91 Å². The lowest BCUT2D eigenvalue weighted by molar-refractivity contribution is -0.134. The van der Waals surface area contributed by atoms with Crippen LogP contribution in [-0.2, 0) is 16.2 Å². The van der Waals surface area contributed by atoms with Crippen LogP contribution in [0.25, 0.3) is 6.08 Å². The van der Waals surface area contributed by atoms with Gasteiger partial charge in [0.15, 0.2) is 11.5 Å². The van der Waals surface area contributed by atoms with Crippen LogP contribution in [0.4, 0.5) is 0 Å². The van der Waals surface area contributed by atoms with Gasteiger partial charge in [-0.25, -0.2) is 4.79 Å². The number of carbonyl (C=O) groups is 2. The second-order valence-electron chi connectivity index (χ2n) is 5.37. The Kier molecular flexibility index (Phi) is 6.80. The predicted octanol–water partition coefficient (Wildman–Crippen LogP) is 3.60. The van der Waals surface area contributed by atoms with E-state index in [9.17, 15) is 9.59 Å². The largest absolute Gasteiger partial charge is 0.493 e. The lowest BCUT2D eigenvalue weighted by Gasteiger charge is -2.12. The van der Waals surface area contributed by atoms with Gasteiger partial charge in [-0.2, -0.15) is 0 Å². The highest BCUT2D eigenvalue weighted by Gasteiger charge is 2.11. The van der Waals surface area contributed by atoms with Crippen molar-refractivity contribution in [3.63, 3.8) is 0 Å². The van der Waals surface area contributed by atoms with E-state index in [4.69, 9.17) is 14.6 Å². The first-order valence-electron chi connectivity index (χ1n) is 7.67. The summed E-state index contributed by atoms with van der Waals surface area (Å²) in [7, 11) is 1.50. The van der Waals surface area contributed by atoms with Crippen LogP contribution >= 0.6 is 15.9 Å². The van der Waals surface area contributed by atoms with E-state index >= 15 is 0 Å². The third-order valence-corrected chi connectivity index (χ3v) is 3.82. The first-order chi connectivity index (χ1) is 12.4. The number of benzene rings is 2. The Morgan fingerprint density at radius 2 is 1.96 bits per heavy atom. The standard InChI is InChI=1S/C19H18BrNO5/c1-12(22)21-16(19(23)24)9-13-6-7-17(18(10-13)25-2)26-11-14-4-3-5-15(20)8-14/h3-10H,11H2,1-2H3,(H,21,22)(H,23,24)/b16-9+. The zero-order valence-electron chi connectivity index (χ0n) is 14.3. The van der Waals surface area contributed by atoms with Crippen molar-refractivity contribution >= 4 is 33.9 Å². The van der Waals surface area contributed by atoms with Crippen molar-refractivity contribution < 1.29 is 24.2 Å². The van der Waals surface area contributed by atoms with Crippen LogP contribution in [0.2, 0.25) is 0 Å². The van der Waals surface area contributed by atoms with E-state index in [1.54, 1.807) is 18.2 Å². The molecule has 0 saturated heterocycles. The van der Waals surface area contributed by atoms with Crippen LogP contribution in [0, 0.1) is 0 Å². The number of carboxylic acid groups (broad SMARTS) is 1. The molecule has 0 aliphatic carbocycles. The first kappa shape index (κ1) is 19.5. The lowest BCUT2D eigenvalue weighted by atomic mass is 10.1. The molecule has 2 aromatic carbocycles. The second kappa shape index (κ2) is 9.05. The number of carbonyl (C=O) groups excluding carboxylic acids is 1. The molecule has 0 heterocycles. The van der Waals surface area contributed by atoms with Gasteiger partial charge in [-0.15, -0.1) is 0 Å². The van der Waals surface area contributed by atoms with Crippen LogP contribution in [0.15, 0.2) is 52.6 Å². The monoisotopic (exact) mass is 419 g/mol. The SMILES string of the molecule is COc1cc(/C=C(/NC(C)=O)C(=O)O)ccc1OCc1cccc(Br)c1. The molecule has 0 aliphatic rings. The predicted molar refractivity (Wildman–Crippen MR) is 101 cm³/mol. The van der Waals surface area contributed by atoms with Gasteiger partial charge in [-0.05, 0) is 41.5 Å². The minimum atomic E-state index is -1.23. The molecule has 2 rings (SSSR count). The number of rotatable bonds is 7. The van der Waals surface area contributed by atoms with Gasteiger partial charge in [-0.3, -0.25) is 4.79 Å². The van der Waals surface area contributed by atoms with Gasteiger partial charge >= 0.3 is 5.97 Å². The van der Waals surface area contributed by atoms with E-state index in [0.29, 0.717) is 23.7 Å². The molecule has 0 saturated carbocycles. The minimum absolute atomic E-state index is 0.220. The number of halogens is 1. The molecule has 0 aliphatic heterocycles. The van der Waals surface area contributed by atoms with Gasteiger partial charge < -0.3 is 19.9 Å². The molecule has 1 amide bonds. The number of hydrogen-bond acceptors (Lipinski definition) is 4. The summed E-state index contributed by atoms with van der Waals surface area (Å²) >= 11 is 3.41. The van der Waals surface area contributed by atoms with E-state index in [2.05, 4.69) is 21.2 Å². The molecule has 6 nitrogen and oxygen atoms in total.